The molecule has 0 radical (unpaired) electrons. The lowest BCUT2D eigenvalue weighted by atomic mass is 10.4. The molecule has 0 saturated carbocycles. The van der Waals surface area contributed by atoms with Crippen molar-refractivity contribution >= 4 is 17.5 Å². The van der Waals surface area contributed by atoms with Gasteiger partial charge in [0.25, 0.3) is 5.56 Å². The van der Waals surface area contributed by atoms with Crippen LogP contribution in [0.5, 0.6) is 0 Å². The normalized spacial score (nSPS) is 10.5. The van der Waals surface area contributed by atoms with Crippen LogP contribution in [0.1, 0.15) is 12.8 Å². The van der Waals surface area contributed by atoms with Crippen molar-refractivity contribution in [1.82, 2.24) is 25.1 Å². The van der Waals surface area contributed by atoms with Gasteiger partial charge in [-0.15, -0.1) is 4.91 Å². The number of rotatable bonds is 15. The predicted octanol–water partition coefficient (Wildman–Crippen LogP) is -0.519. The second kappa shape index (κ2) is 14.0. The van der Waals surface area contributed by atoms with Gasteiger partial charge in [0.1, 0.15) is 0 Å². The Morgan fingerprint density at radius 3 is 2.14 bits per heavy atom. The van der Waals surface area contributed by atoms with Crippen LogP contribution < -0.4 is 27.2 Å². The third-order valence-corrected chi connectivity index (χ3v) is 4.13. The van der Waals surface area contributed by atoms with Crippen molar-refractivity contribution in [1.29, 1.82) is 10.5 Å². The number of nitroso groups, excluding NO2 is 1. The fourth-order valence-corrected chi connectivity index (χ4v) is 2.52. The van der Waals surface area contributed by atoms with E-state index in [1.807, 2.05) is 0 Å². The summed E-state index contributed by atoms with van der Waals surface area (Å²) in [5.74, 6) is 0.0602. The van der Waals surface area contributed by atoms with Crippen LogP contribution in [0.4, 0.5) is 17.5 Å². The first-order chi connectivity index (χ1) is 14.0. The Kier molecular flexibility index (Phi) is 11.6. The molecule has 0 fully saturated rings. The molecule has 0 aliphatic heterocycles. The number of nitrogens with one attached hydrogen (secondary N) is 3. The minimum Gasteiger partial charge on any atom is -0.382 e. The van der Waals surface area contributed by atoms with Gasteiger partial charge in [-0.3, -0.25) is 14.3 Å². The predicted molar refractivity (Wildman–Crippen MR) is 110 cm³/mol. The molecule has 0 amide bonds. The van der Waals surface area contributed by atoms with Crippen LogP contribution in [0.15, 0.2) is 9.97 Å². The van der Waals surface area contributed by atoms with Crippen LogP contribution in [-0.2, 0) is 7.05 Å². The molecule has 12 nitrogen and oxygen atoms in total. The van der Waals surface area contributed by atoms with Gasteiger partial charge in [-0.2, -0.15) is 15.5 Å². The molecule has 158 valence electrons. The Morgan fingerprint density at radius 1 is 1.07 bits per heavy atom. The van der Waals surface area contributed by atoms with E-state index in [0.717, 1.165) is 26.2 Å². The highest BCUT2D eigenvalue weighted by Crippen LogP contribution is 2.15. The molecule has 12 heteroatoms. The highest BCUT2D eigenvalue weighted by molar-refractivity contribution is 5.58. The van der Waals surface area contributed by atoms with Crippen LogP contribution in [0.2, 0.25) is 0 Å². The molecule has 1 aromatic heterocycles. The highest BCUT2D eigenvalue weighted by Gasteiger charge is 2.13. The smallest absolute Gasteiger partial charge is 0.286 e. The molecule has 0 aromatic carbocycles. The minimum atomic E-state index is -0.602. The first kappa shape index (κ1) is 24.0. The zero-order valence-corrected chi connectivity index (χ0v) is 16.6. The van der Waals surface area contributed by atoms with Crippen molar-refractivity contribution < 1.29 is 0 Å². The van der Waals surface area contributed by atoms with Crippen molar-refractivity contribution in [2.75, 3.05) is 63.4 Å². The topological polar surface area (TPSA) is 177 Å². The zero-order chi connectivity index (χ0) is 21.5. The molecule has 1 aromatic rings. The molecule has 0 saturated heterocycles. The fraction of sp³-hybridized carbons (Fsp3) is 0.647. The quantitative estimate of drug-likeness (QED) is 0.220. The molecule has 0 atom stereocenters. The van der Waals surface area contributed by atoms with Gasteiger partial charge in [-0.25, -0.2) is 0 Å². The van der Waals surface area contributed by atoms with Crippen LogP contribution in [0.3, 0.4) is 0 Å². The molecule has 29 heavy (non-hydrogen) atoms. The first-order valence-electron chi connectivity index (χ1n) is 9.36. The van der Waals surface area contributed by atoms with E-state index in [2.05, 4.69) is 43.1 Å². The number of anilines is 2. The Balaban J connectivity index is 2.57. The van der Waals surface area contributed by atoms with E-state index in [9.17, 15) is 9.70 Å². The van der Waals surface area contributed by atoms with Crippen molar-refractivity contribution in [2.24, 2.45) is 12.2 Å². The molecule has 1 rings (SSSR count). The third-order valence-electron chi connectivity index (χ3n) is 4.13. The maximum absolute atomic E-state index is 12.0. The van der Waals surface area contributed by atoms with E-state index >= 15 is 0 Å². The number of nitrogens with two attached hydrogens (primary N) is 1. The van der Waals surface area contributed by atoms with Gasteiger partial charge in [-0.1, -0.05) is 0 Å². The van der Waals surface area contributed by atoms with Crippen LogP contribution in [-0.4, -0.2) is 66.8 Å². The summed E-state index contributed by atoms with van der Waals surface area (Å²) < 4.78 is 1.20. The van der Waals surface area contributed by atoms with Crippen molar-refractivity contribution in [3.8, 4) is 12.1 Å². The van der Waals surface area contributed by atoms with E-state index in [-0.39, 0.29) is 11.8 Å². The summed E-state index contributed by atoms with van der Waals surface area (Å²) >= 11 is 0. The Bertz CT molecular complexity index is 756. The monoisotopic (exact) mass is 404 g/mol. The second-order valence-electron chi connectivity index (χ2n) is 6.21. The number of hydrogen-bond acceptors (Lipinski definition) is 11. The van der Waals surface area contributed by atoms with Gasteiger partial charge >= 0.3 is 0 Å². The lowest BCUT2D eigenvalue weighted by molar-refractivity contribution is 0.283. The molecule has 0 aliphatic carbocycles. The summed E-state index contributed by atoms with van der Waals surface area (Å²) in [6, 6.07) is 4.18. The molecule has 0 aliphatic rings. The van der Waals surface area contributed by atoms with Gasteiger partial charge in [0, 0.05) is 72.2 Å². The summed E-state index contributed by atoms with van der Waals surface area (Å²) in [7, 11) is 1.49. The highest BCUT2D eigenvalue weighted by atomic mass is 16.3. The van der Waals surface area contributed by atoms with Gasteiger partial charge in [-0.05, 0) is 5.18 Å². The average molecular weight is 404 g/mol. The molecular weight excluding hydrogens is 376 g/mol. The molecule has 0 spiro atoms. The molecule has 1 heterocycles. The second-order valence-corrected chi connectivity index (χ2v) is 6.21. The number of aromatic nitrogens is 2. The van der Waals surface area contributed by atoms with E-state index in [1.54, 1.807) is 0 Å². The molecular formula is C17H28N10O2. The van der Waals surface area contributed by atoms with Crippen molar-refractivity contribution in [3.63, 3.8) is 0 Å². The number of nitrogen functional groups attached to an aromatic ring is 1. The maximum atomic E-state index is 12.0. The largest absolute Gasteiger partial charge is 0.382 e. The summed E-state index contributed by atoms with van der Waals surface area (Å²) in [4.78, 5) is 28.9. The Hall–Kier alpha value is -3.06. The van der Waals surface area contributed by atoms with E-state index in [1.165, 1.54) is 11.6 Å². The summed E-state index contributed by atoms with van der Waals surface area (Å²) in [6.45, 7) is 5.49. The Morgan fingerprint density at radius 2 is 1.62 bits per heavy atom. The van der Waals surface area contributed by atoms with E-state index in [0.29, 0.717) is 39.0 Å². The zero-order valence-electron chi connectivity index (χ0n) is 16.6. The van der Waals surface area contributed by atoms with Gasteiger partial charge in [0.15, 0.2) is 5.82 Å². The standard InChI is InChI=1S/C17H28N10O2/c1-26-16(28)14(25-29)15(20)24-17(26)23-10-13-27(11-8-21-6-2-4-18)12-9-22-7-3-5-19/h21-22H,2-3,6-13,20H2,1H3,(H,23,24). The van der Waals surface area contributed by atoms with Gasteiger partial charge in [0.2, 0.25) is 11.6 Å². The molecule has 0 bridgehead atoms. The third kappa shape index (κ3) is 8.66. The van der Waals surface area contributed by atoms with Crippen molar-refractivity contribution in [3.05, 3.63) is 15.3 Å². The SMILES string of the molecule is Cn1c(NCCN(CCNCCC#N)CCNCCC#N)nc(N)c(N=O)c1=O. The molecule has 0 unspecified atom stereocenters. The minimum absolute atomic E-state index is 0.203. The van der Waals surface area contributed by atoms with Crippen molar-refractivity contribution in [2.45, 2.75) is 12.8 Å². The van der Waals surface area contributed by atoms with E-state index in [4.69, 9.17) is 16.3 Å². The summed E-state index contributed by atoms with van der Waals surface area (Å²) in [5.41, 5.74) is 4.62. The molecule has 5 N–H and O–H groups in total. The number of nitriles is 2. The van der Waals surface area contributed by atoms with E-state index < -0.39 is 11.2 Å². The van der Waals surface area contributed by atoms with Gasteiger partial charge in [0.05, 0.1) is 12.1 Å². The van der Waals surface area contributed by atoms with Gasteiger partial charge < -0.3 is 21.7 Å². The maximum Gasteiger partial charge on any atom is 0.286 e. The van der Waals surface area contributed by atoms with Crippen LogP contribution >= 0.6 is 0 Å². The number of nitrogens with zero attached hydrogens (tertiary/aromatic N) is 6. The van der Waals surface area contributed by atoms with Crippen LogP contribution in [0.25, 0.3) is 0 Å². The lowest BCUT2D eigenvalue weighted by Crippen LogP contribution is -2.40. The van der Waals surface area contributed by atoms with Crippen LogP contribution in [0, 0.1) is 27.6 Å². The fourth-order valence-electron chi connectivity index (χ4n) is 2.52. The average Bonchev–Trinajstić information content (AvgIpc) is 2.71. The number of hydrogen-bond donors (Lipinski definition) is 4. The lowest BCUT2D eigenvalue weighted by Gasteiger charge is -2.23. The Labute approximate surface area is 169 Å². The summed E-state index contributed by atoms with van der Waals surface area (Å²) in [6.07, 6.45) is 0.925. The first-order valence-corrected chi connectivity index (χ1v) is 9.36. The summed E-state index contributed by atoms with van der Waals surface area (Å²) in [5, 5.41) is 29.3.